The van der Waals surface area contributed by atoms with Crippen LogP contribution in [-0.2, 0) is 0 Å². The number of benzene rings is 1. The summed E-state index contributed by atoms with van der Waals surface area (Å²) in [6.07, 6.45) is 6.20. The van der Waals surface area contributed by atoms with E-state index in [0.29, 0.717) is 12.0 Å². The second-order valence-corrected chi connectivity index (χ2v) is 5.99. The molecule has 5 nitrogen and oxygen atoms in total. The number of nitrogen functional groups attached to an aromatic ring is 1. The summed E-state index contributed by atoms with van der Waals surface area (Å²) in [5, 5.41) is 12.5. The lowest BCUT2D eigenvalue weighted by Gasteiger charge is -2.31. The largest absolute Gasteiger partial charge is 0.398 e. The molecule has 1 aliphatic rings. The first-order valence-electron chi connectivity index (χ1n) is 7.85. The second kappa shape index (κ2) is 5.84. The van der Waals surface area contributed by atoms with Crippen molar-refractivity contribution in [3.63, 3.8) is 0 Å². The van der Waals surface area contributed by atoms with Crippen molar-refractivity contribution in [1.82, 2.24) is 20.2 Å². The van der Waals surface area contributed by atoms with Crippen LogP contribution in [0.5, 0.6) is 0 Å². The molecule has 2 unspecified atom stereocenters. The summed E-state index contributed by atoms with van der Waals surface area (Å²) in [6, 6.07) is 6.35. The van der Waals surface area contributed by atoms with E-state index in [2.05, 4.69) is 28.5 Å². The van der Waals surface area contributed by atoms with Crippen molar-refractivity contribution in [1.29, 1.82) is 0 Å². The van der Waals surface area contributed by atoms with Crippen LogP contribution in [0.15, 0.2) is 18.2 Å². The highest BCUT2D eigenvalue weighted by molar-refractivity contribution is 5.67. The third-order valence-electron chi connectivity index (χ3n) is 4.82. The molecule has 0 spiro atoms. The Morgan fingerprint density at radius 3 is 2.90 bits per heavy atom. The summed E-state index contributed by atoms with van der Waals surface area (Å²) in [6.45, 7) is 4.29. The summed E-state index contributed by atoms with van der Waals surface area (Å²) < 4.78 is 2.04. The molecule has 112 valence electrons. The molecule has 1 aromatic heterocycles. The average Bonchev–Trinajstić information content (AvgIpc) is 2.99. The fourth-order valence-corrected chi connectivity index (χ4v) is 3.48. The van der Waals surface area contributed by atoms with Gasteiger partial charge in [-0.05, 0) is 47.7 Å². The van der Waals surface area contributed by atoms with E-state index in [9.17, 15) is 0 Å². The number of nitrogens with zero attached hydrogens (tertiary/aromatic N) is 4. The van der Waals surface area contributed by atoms with E-state index < -0.39 is 0 Å². The molecule has 5 heteroatoms. The maximum Gasteiger partial charge on any atom is 0.182 e. The van der Waals surface area contributed by atoms with Crippen LogP contribution in [0.1, 0.15) is 50.6 Å². The van der Waals surface area contributed by atoms with Gasteiger partial charge in [-0.25, -0.2) is 4.68 Å². The molecule has 0 aliphatic heterocycles. The average molecular weight is 285 g/mol. The molecule has 0 amide bonds. The van der Waals surface area contributed by atoms with Gasteiger partial charge in [0.25, 0.3) is 0 Å². The van der Waals surface area contributed by atoms with E-state index in [-0.39, 0.29) is 0 Å². The van der Waals surface area contributed by atoms with E-state index >= 15 is 0 Å². The molecule has 1 fully saturated rings. The molecule has 2 atom stereocenters. The molecular formula is C16H23N5. The molecule has 2 aromatic rings. The number of tetrazole rings is 1. The van der Waals surface area contributed by atoms with Gasteiger partial charge in [0.05, 0.1) is 6.04 Å². The lowest BCUT2D eigenvalue weighted by Crippen LogP contribution is -2.24. The molecule has 21 heavy (non-hydrogen) atoms. The zero-order valence-corrected chi connectivity index (χ0v) is 12.8. The predicted octanol–water partition coefficient (Wildman–Crippen LogP) is 3.37. The number of hydrogen-bond acceptors (Lipinski definition) is 4. The number of aromatic nitrogens is 4. The lowest BCUT2D eigenvalue weighted by molar-refractivity contribution is 0.216. The highest BCUT2D eigenvalue weighted by Crippen LogP contribution is 2.37. The van der Waals surface area contributed by atoms with Crippen LogP contribution in [0.4, 0.5) is 5.69 Å². The SMILES string of the molecule is CCC1CCCCC1n1nnnc1-c1cccc(N)c1C. The quantitative estimate of drug-likeness (QED) is 0.878. The van der Waals surface area contributed by atoms with Crippen molar-refractivity contribution in [2.45, 2.75) is 52.0 Å². The van der Waals surface area contributed by atoms with Crippen molar-refractivity contribution in [2.24, 2.45) is 5.92 Å². The minimum atomic E-state index is 0.412. The van der Waals surface area contributed by atoms with Crippen molar-refractivity contribution < 1.29 is 0 Å². The summed E-state index contributed by atoms with van der Waals surface area (Å²) in [4.78, 5) is 0. The summed E-state index contributed by atoms with van der Waals surface area (Å²) in [5.41, 5.74) is 8.92. The molecule has 0 bridgehead atoms. The monoisotopic (exact) mass is 285 g/mol. The molecule has 1 aliphatic carbocycles. The smallest absolute Gasteiger partial charge is 0.182 e. The van der Waals surface area contributed by atoms with Gasteiger partial charge in [0.15, 0.2) is 5.82 Å². The summed E-state index contributed by atoms with van der Waals surface area (Å²) in [7, 11) is 0. The van der Waals surface area contributed by atoms with Gasteiger partial charge in [0, 0.05) is 11.3 Å². The molecule has 0 radical (unpaired) electrons. The maximum atomic E-state index is 6.03. The zero-order valence-electron chi connectivity index (χ0n) is 12.8. The van der Waals surface area contributed by atoms with Crippen LogP contribution in [0.2, 0.25) is 0 Å². The van der Waals surface area contributed by atoms with Gasteiger partial charge in [-0.1, -0.05) is 38.3 Å². The predicted molar refractivity (Wildman–Crippen MR) is 83.7 cm³/mol. The Morgan fingerprint density at radius 1 is 1.29 bits per heavy atom. The van der Waals surface area contributed by atoms with E-state index in [1.165, 1.54) is 25.7 Å². The minimum absolute atomic E-state index is 0.412. The fraction of sp³-hybridized carbons (Fsp3) is 0.562. The Hall–Kier alpha value is -1.91. The van der Waals surface area contributed by atoms with Gasteiger partial charge in [-0.3, -0.25) is 0 Å². The van der Waals surface area contributed by atoms with E-state index in [1.54, 1.807) is 0 Å². The maximum absolute atomic E-state index is 6.03. The first kappa shape index (κ1) is 14.0. The van der Waals surface area contributed by atoms with Gasteiger partial charge < -0.3 is 5.73 Å². The molecule has 2 N–H and O–H groups in total. The topological polar surface area (TPSA) is 69.6 Å². The van der Waals surface area contributed by atoms with E-state index in [4.69, 9.17) is 5.73 Å². The van der Waals surface area contributed by atoms with Crippen molar-refractivity contribution in [3.8, 4) is 11.4 Å². The Bertz CT molecular complexity index is 619. The van der Waals surface area contributed by atoms with Crippen LogP contribution in [0.3, 0.4) is 0 Å². The van der Waals surface area contributed by atoms with Crippen LogP contribution in [0, 0.1) is 12.8 Å². The number of nitrogens with two attached hydrogens (primary N) is 1. The molecule has 1 saturated carbocycles. The Balaban J connectivity index is 2.02. The Kier molecular flexibility index (Phi) is 3.90. The number of anilines is 1. The molecule has 3 rings (SSSR count). The van der Waals surface area contributed by atoms with E-state index in [0.717, 1.165) is 29.1 Å². The second-order valence-electron chi connectivity index (χ2n) is 5.99. The standard InChI is InChI=1S/C16H23N5/c1-3-12-7-4-5-10-15(12)21-16(18-19-20-21)13-8-6-9-14(17)11(13)2/h6,8-9,12,15H,3-5,7,10,17H2,1-2H3. The van der Waals surface area contributed by atoms with Gasteiger partial charge >= 0.3 is 0 Å². The highest BCUT2D eigenvalue weighted by atomic mass is 15.5. The van der Waals surface area contributed by atoms with Crippen molar-refractivity contribution in [2.75, 3.05) is 5.73 Å². The number of rotatable bonds is 3. The molecule has 1 aromatic carbocycles. The van der Waals surface area contributed by atoms with E-state index in [1.807, 2.05) is 23.7 Å². The van der Waals surface area contributed by atoms with Crippen LogP contribution >= 0.6 is 0 Å². The molecular weight excluding hydrogens is 262 g/mol. The Morgan fingerprint density at radius 2 is 2.10 bits per heavy atom. The fourth-order valence-electron chi connectivity index (χ4n) is 3.48. The van der Waals surface area contributed by atoms with Crippen LogP contribution < -0.4 is 5.73 Å². The number of hydrogen-bond donors (Lipinski definition) is 1. The van der Waals surface area contributed by atoms with Crippen LogP contribution in [0.25, 0.3) is 11.4 Å². The third-order valence-corrected chi connectivity index (χ3v) is 4.82. The molecule has 0 saturated heterocycles. The van der Waals surface area contributed by atoms with Crippen LogP contribution in [-0.4, -0.2) is 20.2 Å². The van der Waals surface area contributed by atoms with Crippen molar-refractivity contribution >= 4 is 5.69 Å². The summed E-state index contributed by atoms with van der Waals surface area (Å²) in [5.74, 6) is 1.52. The normalized spacial score (nSPS) is 22.4. The lowest BCUT2D eigenvalue weighted by atomic mass is 9.83. The van der Waals surface area contributed by atoms with Gasteiger partial charge in [0.1, 0.15) is 0 Å². The van der Waals surface area contributed by atoms with Gasteiger partial charge in [-0.15, -0.1) is 5.10 Å². The first-order valence-corrected chi connectivity index (χ1v) is 7.85. The highest BCUT2D eigenvalue weighted by Gasteiger charge is 2.29. The van der Waals surface area contributed by atoms with Gasteiger partial charge in [0.2, 0.25) is 0 Å². The van der Waals surface area contributed by atoms with Crippen molar-refractivity contribution in [3.05, 3.63) is 23.8 Å². The zero-order chi connectivity index (χ0) is 14.8. The molecule has 1 heterocycles. The Labute approximate surface area is 125 Å². The summed E-state index contributed by atoms with van der Waals surface area (Å²) >= 11 is 0. The third kappa shape index (κ3) is 2.52. The van der Waals surface area contributed by atoms with Gasteiger partial charge in [-0.2, -0.15) is 0 Å². The first-order chi connectivity index (χ1) is 10.2. The minimum Gasteiger partial charge on any atom is -0.398 e.